The molecule has 0 saturated carbocycles. The molecular weight excluding hydrogens is 394 g/mol. The van der Waals surface area contributed by atoms with Gasteiger partial charge in [-0.3, -0.25) is 14.9 Å². The minimum Gasteiger partial charge on any atom is -0.493 e. The molecule has 0 aliphatic rings. The zero-order valence-electron chi connectivity index (χ0n) is 17.2. The molecule has 160 valence electrons. The molecule has 1 amide bonds. The molecule has 0 spiro atoms. The van der Waals surface area contributed by atoms with Crippen LogP contribution in [0.4, 0.5) is 5.88 Å². The van der Waals surface area contributed by atoms with Gasteiger partial charge in [-0.1, -0.05) is 12.1 Å². The van der Waals surface area contributed by atoms with Gasteiger partial charge in [-0.25, -0.2) is 9.59 Å². The molecule has 1 heterocycles. The lowest BCUT2D eigenvalue weighted by molar-refractivity contribution is -0.119. The van der Waals surface area contributed by atoms with Gasteiger partial charge in [0.05, 0.1) is 18.8 Å². The average Bonchev–Trinajstić information content (AvgIpc) is 3.03. The lowest BCUT2D eigenvalue weighted by Gasteiger charge is -2.10. The number of ketones is 1. The second kappa shape index (κ2) is 10.2. The summed E-state index contributed by atoms with van der Waals surface area (Å²) >= 11 is 0. The van der Waals surface area contributed by atoms with E-state index < -0.39 is 30.2 Å². The van der Waals surface area contributed by atoms with Crippen LogP contribution in [0.25, 0.3) is 0 Å². The Labute approximate surface area is 173 Å². The van der Waals surface area contributed by atoms with Gasteiger partial charge in [-0.15, -0.1) is 0 Å². The molecule has 0 radical (unpaired) electrons. The number of ether oxygens (including phenoxy) is 3. The van der Waals surface area contributed by atoms with Crippen LogP contribution in [0.3, 0.4) is 0 Å². The van der Waals surface area contributed by atoms with E-state index in [0.717, 1.165) is 0 Å². The Kier molecular flexibility index (Phi) is 7.74. The Bertz CT molecular complexity index is 960. The van der Waals surface area contributed by atoms with Crippen LogP contribution in [-0.4, -0.2) is 43.4 Å². The van der Waals surface area contributed by atoms with Gasteiger partial charge < -0.3 is 18.6 Å². The van der Waals surface area contributed by atoms with Crippen LogP contribution in [0.5, 0.6) is 5.75 Å². The molecule has 30 heavy (non-hydrogen) atoms. The normalized spacial score (nSPS) is 10.3. The largest absolute Gasteiger partial charge is 0.493 e. The van der Waals surface area contributed by atoms with Crippen LogP contribution in [0.2, 0.25) is 0 Å². The van der Waals surface area contributed by atoms with Crippen molar-refractivity contribution >= 4 is 29.5 Å². The van der Waals surface area contributed by atoms with Crippen LogP contribution in [0.1, 0.15) is 57.6 Å². The molecule has 0 saturated heterocycles. The van der Waals surface area contributed by atoms with E-state index in [1.165, 1.54) is 19.9 Å². The van der Waals surface area contributed by atoms with E-state index in [0.29, 0.717) is 12.4 Å². The number of esters is 2. The number of aryl methyl sites for hydroxylation is 1. The number of hydrogen-bond acceptors (Lipinski definition) is 8. The number of furan rings is 1. The molecule has 0 fully saturated rings. The summed E-state index contributed by atoms with van der Waals surface area (Å²) in [4.78, 5) is 48.7. The number of nitrogens with one attached hydrogen (secondary N) is 1. The topological polar surface area (TPSA) is 121 Å². The summed E-state index contributed by atoms with van der Waals surface area (Å²) in [6.07, 6.45) is 0. The van der Waals surface area contributed by atoms with Crippen LogP contribution in [0.15, 0.2) is 28.7 Å². The molecule has 2 aromatic rings. The van der Waals surface area contributed by atoms with Crippen LogP contribution in [0, 0.1) is 6.92 Å². The van der Waals surface area contributed by atoms with E-state index in [9.17, 15) is 19.2 Å². The minimum absolute atomic E-state index is 0.0198. The summed E-state index contributed by atoms with van der Waals surface area (Å²) in [5.74, 6) is -2.49. The fourth-order valence-electron chi connectivity index (χ4n) is 2.74. The quantitative estimate of drug-likeness (QED) is 0.488. The van der Waals surface area contributed by atoms with Crippen molar-refractivity contribution in [3.63, 3.8) is 0 Å². The number of anilines is 1. The monoisotopic (exact) mass is 417 g/mol. The van der Waals surface area contributed by atoms with Crippen molar-refractivity contribution in [3.8, 4) is 5.75 Å². The number of para-hydroxylation sites is 1. The molecule has 1 aromatic heterocycles. The highest BCUT2D eigenvalue weighted by Gasteiger charge is 2.29. The van der Waals surface area contributed by atoms with E-state index in [1.54, 1.807) is 32.0 Å². The Morgan fingerprint density at radius 2 is 1.67 bits per heavy atom. The number of amides is 1. The molecule has 1 N–H and O–H groups in total. The molecule has 9 heteroatoms. The summed E-state index contributed by atoms with van der Waals surface area (Å²) in [7, 11) is 0. The summed E-state index contributed by atoms with van der Waals surface area (Å²) < 4.78 is 20.7. The summed E-state index contributed by atoms with van der Waals surface area (Å²) in [6, 6.07) is 6.47. The van der Waals surface area contributed by atoms with Crippen LogP contribution in [-0.2, 0) is 14.3 Å². The number of carbonyl (C=O) groups is 4. The van der Waals surface area contributed by atoms with E-state index in [4.69, 9.17) is 18.6 Å². The zero-order chi connectivity index (χ0) is 22.3. The predicted octanol–water partition coefficient (Wildman–Crippen LogP) is 3.16. The highest BCUT2D eigenvalue weighted by molar-refractivity contribution is 6.10. The van der Waals surface area contributed by atoms with Gasteiger partial charge in [-0.05, 0) is 39.8 Å². The molecule has 0 bridgehead atoms. The van der Waals surface area contributed by atoms with Crippen molar-refractivity contribution in [3.05, 3.63) is 46.7 Å². The highest BCUT2D eigenvalue weighted by Crippen LogP contribution is 2.28. The minimum atomic E-state index is -0.808. The number of carbonyl (C=O) groups excluding carboxylic acids is 4. The Hall–Kier alpha value is -3.62. The lowest BCUT2D eigenvalue weighted by atomic mass is 10.1. The van der Waals surface area contributed by atoms with Crippen molar-refractivity contribution < 1.29 is 37.8 Å². The summed E-state index contributed by atoms with van der Waals surface area (Å²) in [6.45, 7) is 5.93. The third-order valence-electron chi connectivity index (χ3n) is 3.91. The third-order valence-corrected chi connectivity index (χ3v) is 3.91. The van der Waals surface area contributed by atoms with Crippen LogP contribution >= 0.6 is 0 Å². The Balaban J connectivity index is 2.13. The van der Waals surface area contributed by atoms with E-state index in [2.05, 4.69) is 5.32 Å². The predicted molar refractivity (Wildman–Crippen MR) is 106 cm³/mol. The number of Topliss-reactive ketones (excluding diaryl/α,β-unsaturated/α-hetero) is 1. The molecule has 0 atom stereocenters. The Morgan fingerprint density at radius 3 is 2.30 bits per heavy atom. The zero-order valence-corrected chi connectivity index (χ0v) is 17.2. The van der Waals surface area contributed by atoms with Gasteiger partial charge in [0.15, 0.2) is 12.4 Å². The molecule has 0 aliphatic carbocycles. The fraction of sp³-hybridized carbons (Fsp3) is 0.333. The van der Waals surface area contributed by atoms with E-state index >= 15 is 0 Å². The second-order valence-corrected chi connectivity index (χ2v) is 6.07. The van der Waals surface area contributed by atoms with E-state index in [-0.39, 0.29) is 34.9 Å². The first-order valence-electron chi connectivity index (χ1n) is 9.30. The Morgan fingerprint density at radius 1 is 0.967 bits per heavy atom. The molecule has 1 aromatic carbocycles. The van der Waals surface area contributed by atoms with Gasteiger partial charge in [0.1, 0.15) is 22.6 Å². The number of hydrogen-bond donors (Lipinski definition) is 1. The van der Waals surface area contributed by atoms with Crippen molar-refractivity contribution in [2.24, 2.45) is 0 Å². The molecule has 0 unspecified atom stereocenters. The van der Waals surface area contributed by atoms with Gasteiger partial charge in [0, 0.05) is 0 Å². The average molecular weight is 417 g/mol. The number of benzene rings is 1. The van der Waals surface area contributed by atoms with Gasteiger partial charge >= 0.3 is 11.9 Å². The molecule has 2 rings (SSSR count). The summed E-state index contributed by atoms with van der Waals surface area (Å²) in [5.41, 5.74) is 0.0154. The maximum atomic E-state index is 12.3. The second-order valence-electron chi connectivity index (χ2n) is 6.07. The van der Waals surface area contributed by atoms with Crippen molar-refractivity contribution in [2.45, 2.75) is 27.7 Å². The van der Waals surface area contributed by atoms with E-state index in [1.807, 2.05) is 0 Å². The van der Waals surface area contributed by atoms with Gasteiger partial charge in [0.2, 0.25) is 5.88 Å². The van der Waals surface area contributed by atoms with Gasteiger partial charge in [0.25, 0.3) is 5.91 Å². The smallest absolute Gasteiger partial charge is 0.344 e. The van der Waals surface area contributed by atoms with Crippen molar-refractivity contribution in [2.75, 3.05) is 25.1 Å². The first kappa shape index (κ1) is 22.7. The first-order chi connectivity index (χ1) is 14.3. The first-order valence-corrected chi connectivity index (χ1v) is 9.30. The molecule has 9 nitrogen and oxygen atoms in total. The van der Waals surface area contributed by atoms with Gasteiger partial charge in [-0.2, -0.15) is 0 Å². The molecule has 0 aliphatic heterocycles. The fourth-order valence-corrected chi connectivity index (χ4v) is 2.74. The molecular formula is C21H23NO8. The van der Waals surface area contributed by atoms with Crippen molar-refractivity contribution in [1.82, 2.24) is 0 Å². The standard InChI is InChI=1S/C21H23NO8/c1-5-27-15-10-8-7-9-14(15)20(25)29-11-16(24)22-19-18(21(26)28-6-2)17(12(3)23)13(4)30-19/h7-10H,5-6,11H2,1-4H3,(H,22,24). The third kappa shape index (κ3) is 5.25. The van der Waals surface area contributed by atoms with Crippen LogP contribution < -0.4 is 10.1 Å². The maximum absolute atomic E-state index is 12.3. The van der Waals surface area contributed by atoms with Crippen molar-refractivity contribution in [1.29, 1.82) is 0 Å². The summed E-state index contributed by atoms with van der Waals surface area (Å²) in [5, 5.41) is 2.35. The maximum Gasteiger partial charge on any atom is 0.344 e. The lowest BCUT2D eigenvalue weighted by Crippen LogP contribution is -2.22. The number of rotatable bonds is 9. The SMILES string of the molecule is CCOC(=O)c1c(NC(=O)COC(=O)c2ccccc2OCC)oc(C)c1C(C)=O. The highest BCUT2D eigenvalue weighted by atomic mass is 16.5.